The topological polar surface area (TPSA) is 32.3 Å². The fourth-order valence-corrected chi connectivity index (χ4v) is 2.10. The molecule has 1 unspecified atom stereocenters. The van der Waals surface area contributed by atoms with Crippen molar-refractivity contribution in [3.8, 4) is 0 Å². The minimum atomic E-state index is -0.953. The molecule has 0 fully saturated rings. The van der Waals surface area contributed by atoms with Crippen LogP contribution >= 0.6 is 31.9 Å². The van der Waals surface area contributed by atoms with Crippen molar-refractivity contribution in [2.45, 2.75) is 6.10 Å². The van der Waals surface area contributed by atoms with Gasteiger partial charge in [-0.25, -0.2) is 4.39 Å². The number of aliphatic hydroxyl groups is 1. The van der Waals surface area contributed by atoms with Crippen molar-refractivity contribution >= 4 is 37.5 Å². The molecule has 0 aliphatic heterocycles. The lowest BCUT2D eigenvalue weighted by Crippen LogP contribution is -2.21. The molecule has 0 heterocycles. The van der Waals surface area contributed by atoms with Gasteiger partial charge in [-0.1, -0.05) is 15.9 Å². The Labute approximate surface area is 98.8 Å². The van der Waals surface area contributed by atoms with Crippen LogP contribution in [0.15, 0.2) is 27.1 Å². The summed E-state index contributed by atoms with van der Waals surface area (Å²) in [6.07, 6.45) is -0.953. The Bertz CT molecular complexity index is 309. The second kappa shape index (κ2) is 5.68. The highest BCUT2D eigenvalue weighted by molar-refractivity contribution is 9.11. The second-order valence-electron chi connectivity index (χ2n) is 2.81. The van der Waals surface area contributed by atoms with E-state index in [9.17, 15) is 4.39 Å². The molecule has 1 aromatic carbocycles. The van der Waals surface area contributed by atoms with Crippen LogP contribution in [0.25, 0.3) is 0 Å². The van der Waals surface area contributed by atoms with Gasteiger partial charge < -0.3 is 10.4 Å². The minimum Gasteiger partial charge on any atom is -0.389 e. The fraction of sp³-hybridized carbons (Fsp3) is 0.333. The number of alkyl halides is 1. The lowest BCUT2D eigenvalue weighted by atomic mass is 10.3. The van der Waals surface area contributed by atoms with Crippen molar-refractivity contribution in [1.82, 2.24) is 0 Å². The summed E-state index contributed by atoms with van der Waals surface area (Å²) in [6.45, 7) is -0.530. The van der Waals surface area contributed by atoms with Crippen LogP contribution in [-0.4, -0.2) is 24.4 Å². The van der Waals surface area contributed by atoms with E-state index >= 15 is 0 Å². The van der Waals surface area contributed by atoms with Gasteiger partial charge in [-0.05, 0) is 34.1 Å². The number of hydrogen-bond donors (Lipinski definition) is 2. The molecule has 0 radical (unpaired) electrons. The number of hydrogen-bond acceptors (Lipinski definition) is 2. The molecule has 0 aromatic heterocycles. The Balaban J connectivity index is 2.59. The molecule has 0 amide bonds. The van der Waals surface area contributed by atoms with Gasteiger partial charge in [-0.2, -0.15) is 0 Å². The SMILES string of the molecule is OC(CF)CNc1ccc(Br)cc1Br. The summed E-state index contributed by atoms with van der Waals surface area (Å²) in [7, 11) is 0. The lowest BCUT2D eigenvalue weighted by Gasteiger charge is -2.11. The molecule has 5 heteroatoms. The van der Waals surface area contributed by atoms with Crippen LogP contribution in [0.4, 0.5) is 10.1 Å². The van der Waals surface area contributed by atoms with E-state index in [1.807, 2.05) is 18.2 Å². The molecule has 14 heavy (non-hydrogen) atoms. The maximum absolute atomic E-state index is 11.9. The molecule has 0 bridgehead atoms. The summed E-state index contributed by atoms with van der Waals surface area (Å²) in [6, 6.07) is 5.60. The van der Waals surface area contributed by atoms with Crippen molar-refractivity contribution in [3.05, 3.63) is 27.1 Å². The molecule has 2 nitrogen and oxygen atoms in total. The van der Waals surface area contributed by atoms with E-state index in [4.69, 9.17) is 5.11 Å². The minimum absolute atomic E-state index is 0.205. The van der Waals surface area contributed by atoms with Crippen LogP contribution in [0.3, 0.4) is 0 Å². The molecule has 0 saturated carbocycles. The van der Waals surface area contributed by atoms with Gasteiger partial charge in [0.1, 0.15) is 6.67 Å². The molecule has 1 aromatic rings. The van der Waals surface area contributed by atoms with Gasteiger partial charge in [0.05, 0.1) is 6.10 Å². The number of nitrogens with one attached hydrogen (secondary N) is 1. The van der Waals surface area contributed by atoms with E-state index in [0.29, 0.717) is 0 Å². The third-order valence-corrected chi connectivity index (χ3v) is 2.79. The van der Waals surface area contributed by atoms with Gasteiger partial charge in [0.25, 0.3) is 0 Å². The first-order valence-corrected chi connectivity index (χ1v) is 5.65. The first-order chi connectivity index (χ1) is 6.63. The molecule has 2 N–H and O–H groups in total. The van der Waals surface area contributed by atoms with Gasteiger partial charge >= 0.3 is 0 Å². The van der Waals surface area contributed by atoms with E-state index in [1.54, 1.807) is 0 Å². The van der Waals surface area contributed by atoms with Gasteiger partial charge in [-0.15, -0.1) is 0 Å². The summed E-state index contributed by atoms with van der Waals surface area (Å²) in [5, 5.41) is 11.9. The van der Waals surface area contributed by atoms with Gasteiger partial charge in [-0.3, -0.25) is 0 Å². The molecule has 78 valence electrons. The highest BCUT2D eigenvalue weighted by Gasteiger charge is 2.04. The maximum Gasteiger partial charge on any atom is 0.117 e. The van der Waals surface area contributed by atoms with Crippen LogP contribution in [0.2, 0.25) is 0 Å². The largest absolute Gasteiger partial charge is 0.389 e. The van der Waals surface area contributed by atoms with Crippen molar-refractivity contribution in [1.29, 1.82) is 0 Å². The zero-order valence-corrected chi connectivity index (χ0v) is 10.5. The first-order valence-electron chi connectivity index (χ1n) is 4.06. The summed E-state index contributed by atoms with van der Waals surface area (Å²) in [5.41, 5.74) is 0.834. The fourth-order valence-electron chi connectivity index (χ4n) is 0.915. The van der Waals surface area contributed by atoms with Gasteiger partial charge in [0, 0.05) is 21.2 Å². The summed E-state index contributed by atoms with van der Waals surface area (Å²) in [4.78, 5) is 0. The Morgan fingerprint density at radius 1 is 1.43 bits per heavy atom. The smallest absolute Gasteiger partial charge is 0.117 e. The average molecular weight is 327 g/mol. The first kappa shape index (κ1) is 11.9. The lowest BCUT2D eigenvalue weighted by molar-refractivity contribution is 0.151. The highest BCUT2D eigenvalue weighted by atomic mass is 79.9. The molecule has 0 aliphatic carbocycles. The summed E-state index contributed by atoms with van der Waals surface area (Å²) in [5.74, 6) is 0. The maximum atomic E-state index is 11.9. The quantitative estimate of drug-likeness (QED) is 0.891. The summed E-state index contributed by atoms with van der Waals surface area (Å²) < 4.78 is 13.8. The number of benzene rings is 1. The molecule has 0 spiro atoms. The van der Waals surface area contributed by atoms with Crippen LogP contribution in [0, 0.1) is 0 Å². The van der Waals surface area contributed by atoms with Gasteiger partial charge in [0.2, 0.25) is 0 Å². The molecule has 0 saturated heterocycles. The third kappa shape index (κ3) is 3.55. The Morgan fingerprint density at radius 3 is 2.71 bits per heavy atom. The van der Waals surface area contributed by atoms with E-state index in [0.717, 1.165) is 14.6 Å². The molecule has 1 atom stereocenters. The molecular weight excluding hydrogens is 317 g/mol. The van der Waals surface area contributed by atoms with Crippen molar-refractivity contribution < 1.29 is 9.50 Å². The standard InChI is InChI=1S/C9H10Br2FNO/c10-6-1-2-9(8(11)3-6)13-5-7(14)4-12/h1-3,7,13-14H,4-5H2. The predicted octanol–water partition coefficient (Wildman–Crippen LogP) is 2.95. The number of anilines is 1. The van der Waals surface area contributed by atoms with E-state index in [-0.39, 0.29) is 6.54 Å². The average Bonchev–Trinajstić information content (AvgIpc) is 2.16. The Kier molecular flexibility index (Phi) is 4.84. The monoisotopic (exact) mass is 325 g/mol. The van der Waals surface area contributed by atoms with E-state index in [2.05, 4.69) is 37.2 Å². The van der Waals surface area contributed by atoms with Crippen LogP contribution in [0.5, 0.6) is 0 Å². The van der Waals surface area contributed by atoms with Crippen LogP contribution in [0.1, 0.15) is 0 Å². The molecular formula is C9H10Br2FNO. The number of rotatable bonds is 4. The zero-order chi connectivity index (χ0) is 10.6. The summed E-state index contributed by atoms with van der Waals surface area (Å²) >= 11 is 6.67. The van der Waals surface area contributed by atoms with E-state index in [1.165, 1.54) is 0 Å². The Hall–Kier alpha value is -0.130. The number of halogens is 3. The van der Waals surface area contributed by atoms with E-state index < -0.39 is 12.8 Å². The predicted molar refractivity (Wildman–Crippen MR) is 62.3 cm³/mol. The zero-order valence-electron chi connectivity index (χ0n) is 7.30. The number of aliphatic hydroxyl groups excluding tert-OH is 1. The van der Waals surface area contributed by atoms with Crippen molar-refractivity contribution in [3.63, 3.8) is 0 Å². The van der Waals surface area contributed by atoms with Crippen molar-refractivity contribution in [2.24, 2.45) is 0 Å². The van der Waals surface area contributed by atoms with Crippen molar-refractivity contribution in [2.75, 3.05) is 18.5 Å². The molecule has 0 aliphatic rings. The molecule has 1 rings (SSSR count). The highest BCUT2D eigenvalue weighted by Crippen LogP contribution is 2.25. The second-order valence-corrected chi connectivity index (χ2v) is 4.58. The third-order valence-electron chi connectivity index (χ3n) is 1.64. The van der Waals surface area contributed by atoms with Crippen LogP contribution < -0.4 is 5.32 Å². The Morgan fingerprint density at radius 2 is 2.14 bits per heavy atom. The normalized spacial score (nSPS) is 12.6. The van der Waals surface area contributed by atoms with Crippen LogP contribution in [-0.2, 0) is 0 Å². The van der Waals surface area contributed by atoms with Gasteiger partial charge in [0.15, 0.2) is 0 Å².